The number of aliphatic hydroxyl groups is 1. The third-order valence-corrected chi connectivity index (χ3v) is 2.35. The highest BCUT2D eigenvalue weighted by atomic mass is 16.3. The maximum Gasteiger partial charge on any atom is 0.251 e. The molecule has 1 aromatic heterocycles. The van der Waals surface area contributed by atoms with E-state index >= 15 is 0 Å². The molecular weight excluding hydrogens is 180 g/mol. The van der Waals surface area contributed by atoms with Crippen LogP contribution in [0.1, 0.15) is 12.1 Å². The Morgan fingerprint density at radius 1 is 1.57 bits per heavy atom. The lowest BCUT2D eigenvalue weighted by Crippen LogP contribution is -2.29. The summed E-state index contributed by atoms with van der Waals surface area (Å²) in [7, 11) is 0. The average Bonchev–Trinajstić information content (AvgIpc) is 2.52. The molecule has 1 N–H and O–H groups in total. The smallest absolute Gasteiger partial charge is 0.251 e. The van der Waals surface area contributed by atoms with Crippen LogP contribution in [0, 0.1) is 0 Å². The van der Waals surface area contributed by atoms with Gasteiger partial charge in [-0.3, -0.25) is 9.78 Å². The fourth-order valence-corrected chi connectivity index (χ4v) is 1.57. The molecule has 0 radical (unpaired) electrons. The summed E-state index contributed by atoms with van der Waals surface area (Å²) in [5.41, 5.74) is 0.856. The zero-order valence-electron chi connectivity index (χ0n) is 7.76. The van der Waals surface area contributed by atoms with Gasteiger partial charge in [0.15, 0.2) is 0 Å². The molecule has 2 rings (SSSR count). The minimum Gasteiger partial charge on any atom is -0.383 e. The van der Waals surface area contributed by atoms with E-state index in [1.807, 2.05) is 18.2 Å². The number of pyridine rings is 1. The van der Waals surface area contributed by atoms with Gasteiger partial charge in [-0.2, -0.15) is 0 Å². The maximum atomic E-state index is 11.4. The van der Waals surface area contributed by atoms with Crippen LogP contribution in [-0.2, 0) is 11.3 Å². The summed E-state index contributed by atoms with van der Waals surface area (Å²) < 4.78 is 0. The molecular formula is C10H12N2O2. The van der Waals surface area contributed by atoms with Crippen molar-refractivity contribution in [2.45, 2.75) is 19.1 Å². The lowest BCUT2D eigenvalue weighted by Gasteiger charge is -2.14. The molecule has 1 aliphatic heterocycles. The highest BCUT2D eigenvalue weighted by Crippen LogP contribution is 2.13. The van der Waals surface area contributed by atoms with Gasteiger partial charge in [-0.15, -0.1) is 0 Å². The summed E-state index contributed by atoms with van der Waals surface area (Å²) in [6, 6.07) is 5.60. The van der Waals surface area contributed by atoms with Crippen LogP contribution in [0.15, 0.2) is 24.4 Å². The second kappa shape index (κ2) is 3.75. The van der Waals surface area contributed by atoms with E-state index in [2.05, 4.69) is 4.98 Å². The molecule has 1 fully saturated rings. The van der Waals surface area contributed by atoms with Crippen molar-refractivity contribution in [2.75, 3.05) is 6.54 Å². The second-order valence-electron chi connectivity index (χ2n) is 3.39. The van der Waals surface area contributed by atoms with Crippen molar-refractivity contribution in [2.24, 2.45) is 0 Å². The van der Waals surface area contributed by atoms with Gasteiger partial charge >= 0.3 is 0 Å². The van der Waals surface area contributed by atoms with Crippen molar-refractivity contribution < 1.29 is 9.90 Å². The van der Waals surface area contributed by atoms with Crippen molar-refractivity contribution in [1.82, 2.24) is 9.88 Å². The summed E-state index contributed by atoms with van der Waals surface area (Å²) in [6.07, 6.45) is 1.43. The van der Waals surface area contributed by atoms with Crippen molar-refractivity contribution in [1.29, 1.82) is 0 Å². The van der Waals surface area contributed by atoms with Gasteiger partial charge in [-0.25, -0.2) is 0 Å². The Hall–Kier alpha value is -1.42. The van der Waals surface area contributed by atoms with Gasteiger partial charge in [0.2, 0.25) is 0 Å². The highest BCUT2D eigenvalue weighted by molar-refractivity contribution is 5.82. The number of carbonyl (C=O) groups is 1. The van der Waals surface area contributed by atoms with E-state index in [0.717, 1.165) is 5.69 Å². The van der Waals surface area contributed by atoms with E-state index in [4.69, 9.17) is 0 Å². The Balaban J connectivity index is 2.02. The fourth-order valence-electron chi connectivity index (χ4n) is 1.57. The second-order valence-corrected chi connectivity index (χ2v) is 3.39. The highest BCUT2D eigenvalue weighted by Gasteiger charge is 2.29. The number of aliphatic hydroxyl groups excluding tert-OH is 1. The van der Waals surface area contributed by atoms with Crippen molar-refractivity contribution in [3.8, 4) is 0 Å². The summed E-state index contributed by atoms with van der Waals surface area (Å²) in [4.78, 5) is 17.1. The summed E-state index contributed by atoms with van der Waals surface area (Å²) in [5, 5.41) is 9.23. The predicted octanol–water partition coefficient (Wildman–Crippen LogP) is 0.175. The van der Waals surface area contributed by atoms with Crippen LogP contribution < -0.4 is 0 Å². The number of carbonyl (C=O) groups excluding carboxylic acids is 1. The van der Waals surface area contributed by atoms with Gasteiger partial charge in [0.1, 0.15) is 6.10 Å². The third-order valence-electron chi connectivity index (χ3n) is 2.35. The largest absolute Gasteiger partial charge is 0.383 e. The standard InChI is InChI=1S/C10H12N2O2/c13-9-4-6-12(10(9)14)7-8-3-1-2-5-11-8/h1-3,5,9,13H,4,6-7H2. The van der Waals surface area contributed by atoms with Crippen LogP contribution in [-0.4, -0.2) is 33.5 Å². The lowest BCUT2D eigenvalue weighted by atomic mass is 10.3. The van der Waals surface area contributed by atoms with Crippen LogP contribution in [0.4, 0.5) is 0 Å². The molecule has 0 spiro atoms. The molecule has 4 heteroatoms. The van der Waals surface area contributed by atoms with Crippen LogP contribution in [0.25, 0.3) is 0 Å². The van der Waals surface area contributed by atoms with E-state index in [1.165, 1.54) is 0 Å². The third kappa shape index (κ3) is 1.75. The molecule has 74 valence electrons. The molecule has 1 atom stereocenters. The van der Waals surface area contributed by atoms with Crippen molar-refractivity contribution in [3.05, 3.63) is 30.1 Å². The average molecular weight is 192 g/mol. The molecule has 1 aromatic rings. The van der Waals surface area contributed by atoms with Crippen LogP contribution >= 0.6 is 0 Å². The van der Waals surface area contributed by atoms with E-state index in [0.29, 0.717) is 19.5 Å². The summed E-state index contributed by atoms with van der Waals surface area (Å²) in [5.74, 6) is -0.185. The number of nitrogens with zero attached hydrogens (tertiary/aromatic N) is 2. The van der Waals surface area contributed by atoms with Gasteiger partial charge in [-0.1, -0.05) is 6.07 Å². The number of hydrogen-bond acceptors (Lipinski definition) is 3. The number of hydrogen-bond donors (Lipinski definition) is 1. The van der Waals surface area contributed by atoms with Crippen LogP contribution in [0.5, 0.6) is 0 Å². The van der Waals surface area contributed by atoms with Gasteiger partial charge in [-0.05, 0) is 18.6 Å². The van der Waals surface area contributed by atoms with Crippen molar-refractivity contribution >= 4 is 5.91 Å². The SMILES string of the molecule is O=C1C(O)CCN1Cc1ccccn1. The van der Waals surface area contributed by atoms with Crippen LogP contribution in [0.2, 0.25) is 0 Å². The Morgan fingerprint density at radius 2 is 2.43 bits per heavy atom. The fraction of sp³-hybridized carbons (Fsp3) is 0.400. The molecule has 4 nitrogen and oxygen atoms in total. The maximum absolute atomic E-state index is 11.4. The van der Waals surface area contributed by atoms with E-state index in [9.17, 15) is 9.90 Å². The Kier molecular flexibility index (Phi) is 2.45. The predicted molar refractivity (Wildman–Crippen MR) is 50.3 cm³/mol. The molecule has 1 amide bonds. The molecule has 0 aliphatic carbocycles. The molecule has 1 saturated heterocycles. The first kappa shape index (κ1) is 9.15. The Labute approximate surface area is 82.2 Å². The molecule has 14 heavy (non-hydrogen) atoms. The molecule has 0 saturated carbocycles. The molecule has 0 aromatic carbocycles. The number of rotatable bonds is 2. The van der Waals surface area contributed by atoms with Gasteiger partial charge < -0.3 is 10.0 Å². The number of likely N-dealkylation sites (tertiary alicyclic amines) is 1. The molecule has 2 heterocycles. The number of aromatic nitrogens is 1. The lowest BCUT2D eigenvalue weighted by molar-refractivity contribution is -0.134. The quantitative estimate of drug-likeness (QED) is 0.727. The first-order chi connectivity index (χ1) is 6.77. The number of amides is 1. The summed E-state index contributed by atoms with van der Waals surface area (Å²) in [6.45, 7) is 1.12. The van der Waals surface area contributed by atoms with E-state index in [1.54, 1.807) is 11.1 Å². The zero-order valence-corrected chi connectivity index (χ0v) is 7.76. The topological polar surface area (TPSA) is 53.4 Å². The van der Waals surface area contributed by atoms with E-state index in [-0.39, 0.29) is 5.91 Å². The summed E-state index contributed by atoms with van der Waals surface area (Å²) >= 11 is 0. The minimum atomic E-state index is -0.807. The van der Waals surface area contributed by atoms with Gasteiger partial charge in [0.05, 0.1) is 12.2 Å². The molecule has 0 bridgehead atoms. The van der Waals surface area contributed by atoms with Crippen LogP contribution in [0.3, 0.4) is 0 Å². The minimum absolute atomic E-state index is 0.185. The van der Waals surface area contributed by atoms with Gasteiger partial charge in [0.25, 0.3) is 5.91 Å². The Morgan fingerprint density at radius 3 is 3.00 bits per heavy atom. The van der Waals surface area contributed by atoms with Gasteiger partial charge in [0, 0.05) is 12.7 Å². The molecule has 1 aliphatic rings. The first-order valence-electron chi connectivity index (χ1n) is 4.64. The molecule has 1 unspecified atom stereocenters. The monoisotopic (exact) mass is 192 g/mol. The van der Waals surface area contributed by atoms with E-state index < -0.39 is 6.10 Å². The first-order valence-corrected chi connectivity index (χ1v) is 4.64. The Bertz CT molecular complexity index is 326. The van der Waals surface area contributed by atoms with Crippen molar-refractivity contribution in [3.63, 3.8) is 0 Å². The normalized spacial score (nSPS) is 21.6. The zero-order chi connectivity index (χ0) is 9.97.